The molecule has 3 heteroatoms. The number of hydrogen-bond donors (Lipinski definition) is 1. The van der Waals surface area contributed by atoms with E-state index >= 15 is 0 Å². The van der Waals surface area contributed by atoms with E-state index in [1.807, 2.05) is 18.3 Å². The quantitative estimate of drug-likeness (QED) is 0.814. The van der Waals surface area contributed by atoms with Gasteiger partial charge < -0.3 is 5.73 Å². The monoisotopic (exact) mass is 205 g/mol. The first-order valence-electron chi connectivity index (χ1n) is 5.69. The molecule has 82 valence electrons. The molecule has 0 bridgehead atoms. The summed E-state index contributed by atoms with van der Waals surface area (Å²) in [6.07, 6.45) is 4.35. The van der Waals surface area contributed by atoms with E-state index in [0.717, 1.165) is 18.8 Å². The van der Waals surface area contributed by atoms with Crippen molar-refractivity contribution < 1.29 is 0 Å². The molecule has 0 aromatic carbocycles. The second-order valence-corrected chi connectivity index (χ2v) is 4.20. The van der Waals surface area contributed by atoms with Crippen LogP contribution in [0.1, 0.15) is 31.5 Å². The van der Waals surface area contributed by atoms with E-state index in [9.17, 15) is 0 Å². The topological polar surface area (TPSA) is 42.2 Å². The summed E-state index contributed by atoms with van der Waals surface area (Å²) in [5.74, 6) is 0. The van der Waals surface area contributed by atoms with Crippen LogP contribution in [0.5, 0.6) is 0 Å². The normalized spacial score (nSPS) is 24.3. The lowest BCUT2D eigenvalue weighted by Crippen LogP contribution is -2.37. The van der Waals surface area contributed by atoms with Gasteiger partial charge in [-0.05, 0) is 38.4 Å². The Morgan fingerprint density at radius 3 is 3.13 bits per heavy atom. The summed E-state index contributed by atoms with van der Waals surface area (Å²) in [4.78, 5) is 6.88. The van der Waals surface area contributed by atoms with Gasteiger partial charge in [-0.1, -0.05) is 6.07 Å². The molecule has 1 aromatic rings. The Hall–Kier alpha value is -0.930. The van der Waals surface area contributed by atoms with Crippen molar-refractivity contribution >= 4 is 0 Å². The molecule has 2 rings (SSSR count). The zero-order chi connectivity index (χ0) is 10.7. The smallest absolute Gasteiger partial charge is 0.0572 e. The maximum Gasteiger partial charge on any atom is 0.0572 e. The highest BCUT2D eigenvalue weighted by Crippen LogP contribution is 2.27. The van der Waals surface area contributed by atoms with Crippen molar-refractivity contribution in [3.8, 4) is 0 Å². The molecule has 2 heterocycles. The molecule has 0 radical (unpaired) electrons. The van der Waals surface area contributed by atoms with Crippen LogP contribution in [0, 0.1) is 0 Å². The fourth-order valence-corrected chi connectivity index (χ4v) is 2.41. The Morgan fingerprint density at radius 1 is 1.60 bits per heavy atom. The highest BCUT2D eigenvalue weighted by Gasteiger charge is 2.28. The van der Waals surface area contributed by atoms with Crippen molar-refractivity contribution in [3.05, 3.63) is 30.1 Å². The molecule has 1 aliphatic heterocycles. The molecule has 1 aromatic heterocycles. The summed E-state index contributed by atoms with van der Waals surface area (Å²) in [5, 5.41) is 0. The van der Waals surface area contributed by atoms with E-state index < -0.39 is 0 Å². The second kappa shape index (κ2) is 4.73. The third kappa shape index (κ3) is 2.19. The van der Waals surface area contributed by atoms with Crippen LogP contribution in [0.15, 0.2) is 24.4 Å². The predicted octanol–water partition coefficient (Wildman–Crippen LogP) is 1.57. The van der Waals surface area contributed by atoms with Crippen molar-refractivity contribution in [3.63, 3.8) is 0 Å². The predicted molar refractivity (Wildman–Crippen MR) is 61.4 cm³/mol. The van der Waals surface area contributed by atoms with Gasteiger partial charge in [-0.15, -0.1) is 0 Å². The van der Waals surface area contributed by atoms with E-state index in [-0.39, 0.29) is 0 Å². The molecule has 0 saturated carbocycles. The van der Waals surface area contributed by atoms with Gasteiger partial charge in [-0.2, -0.15) is 0 Å². The van der Waals surface area contributed by atoms with Gasteiger partial charge in [0.1, 0.15) is 0 Å². The molecular formula is C12H19N3. The van der Waals surface area contributed by atoms with Crippen LogP contribution in [-0.4, -0.2) is 29.0 Å². The first-order valence-corrected chi connectivity index (χ1v) is 5.69. The fraction of sp³-hybridized carbons (Fsp3) is 0.583. The van der Waals surface area contributed by atoms with Crippen LogP contribution in [0.4, 0.5) is 0 Å². The van der Waals surface area contributed by atoms with Gasteiger partial charge in [-0.3, -0.25) is 9.88 Å². The Balaban J connectivity index is 2.10. The van der Waals surface area contributed by atoms with Gasteiger partial charge in [-0.25, -0.2) is 0 Å². The lowest BCUT2D eigenvalue weighted by Gasteiger charge is -2.29. The molecule has 0 unspecified atom stereocenters. The van der Waals surface area contributed by atoms with Crippen LogP contribution < -0.4 is 5.73 Å². The molecule has 2 N–H and O–H groups in total. The van der Waals surface area contributed by atoms with E-state index in [0.29, 0.717) is 12.1 Å². The molecule has 1 saturated heterocycles. The number of aromatic nitrogens is 1. The Kier molecular flexibility index (Phi) is 3.34. The van der Waals surface area contributed by atoms with E-state index in [2.05, 4.69) is 22.9 Å². The van der Waals surface area contributed by atoms with Crippen LogP contribution in [-0.2, 0) is 0 Å². The minimum atomic E-state index is 0.391. The molecule has 1 fully saturated rings. The number of nitrogens with zero attached hydrogens (tertiary/aromatic N) is 2. The summed E-state index contributed by atoms with van der Waals surface area (Å²) in [6, 6.07) is 7.04. The average molecular weight is 205 g/mol. The van der Waals surface area contributed by atoms with Gasteiger partial charge in [0, 0.05) is 24.8 Å². The average Bonchev–Trinajstić information content (AvgIpc) is 2.77. The zero-order valence-corrected chi connectivity index (χ0v) is 9.26. The van der Waals surface area contributed by atoms with Crippen molar-refractivity contribution in [1.29, 1.82) is 0 Å². The maximum atomic E-state index is 5.78. The van der Waals surface area contributed by atoms with Crippen LogP contribution in [0.25, 0.3) is 0 Å². The summed E-state index contributed by atoms with van der Waals surface area (Å²) >= 11 is 0. The fourth-order valence-electron chi connectivity index (χ4n) is 2.41. The molecule has 1 aliphatic rings. The Morgan fingerprint density at radius 2 is 2.47 bits per heavy atom. The first-order chi connectivity index (χ1) is 7.33. The minimum Gasteiger partial charge on any atom is -0.329 e. The number of rotatable bonds is 3. The largest absolute Gasteiger partial charge is 0.329 e. The Bertz CT molecular complexity index is 299. The molecule has 0 amide bonds. The lowest BCUT2D eigenvalue weighted by molar-refractivity contribution is 0.193. The standard InChI is InChI=1S/C12H19N3/c1-10(12-6-2-3-7-14-12)15-8-4-5-11(15)9-13/h2-3,6-7,10-11H,4-5,8-9,13H2,1H3/t10-,11-/m1/s1. The molecular weight excluding hydrogens is 186 g/mol. The SMILES string of the molecule is C[C@H](c1ccccn1)N1CCC[C@@H]1CN. The molecule has 15 heavy (non-hydrogen) atoms. The van der Waals surface area contributed by atoms with Gasteiger partial charge in [0.25, 0.3) is 0 Å². The number of pyridine rings is 1. The van der Waals surface area contributed by atoms with Crippen molar-refractivity contribution in [1.82, 2.24) is 9.88 Å². The molecule has 2 atom stereocenters. The third-order valence-corrected chi connectivity index (χ3v) is 3.31. The van der Waals surface area contributed by atoms with Gasteiger partial charge >= 0.3 is 0 Å². The summed E-state index contributed by atoms with van der Waals surface area (Å²) in [6.45, 7) is 4.13. The zero-order valence-electron chi connectivity index (χ0n) is 9.26. The van der Waals surface area contributed by atoms with Crippen LogP contribution >= 0.6 is 0 Å². The van der Waals surface area contributed by atoms with Crippen LogP contribution in [0.3, 0.4) is 0 Å². The van der Waals surface area contributed by atoms with E-state index in [1.54, 1.807) is 0 Å². The van der Waals surface area contributed by atoms with Crippen molar-refractivity contribution in [2.75, 3.05) is 13.1 Å². The van der Waals surface area contributed by atoms with E-state index in [4.69, 9.17) is 5.73 Å². The van der Waals surface area contributed by atoms with Crippen LogP contribution in [0.2, 0.25) is 0 Å². The number of likely N-dealkylation sites (tertiary alicyclic amines) is 1. The molecule has 3 nitrogen and oxygen atoms in total. The van der Waals surface area contributed by atoms with E-state index in [1.165, 1.54) is 12.8 Å². The maximum absolute atomic E-state index is 5.78. The number of nitrogens with two attached hydrogens (primary N) is 1. The van der Waals surface area contributed by atoms with Gasteiger partial charge in [0.2, 0.25) is 0 Å². The summed E-state index contributed by atoms with van der Waals surface area (Å²) in [5.41, 5.74) is 6.93. The number of hydrogen-bond acceptors (Lipinski definition) is 3. The van der Waals surface area contributed by atoms with Gasteiger partial charge in [0.05, 0.1) is 5.69 Å². The summed E-state index contributed by atoms with van der Waals surface area (Å²) < 4.78 is 0. The summed E-state index contributed by atoms with van der Waals surface area (Å²) in [7, 11) is 0. The highest BCUT2D eigenvalue weighted by atomic mass is 15.2. The van der Waals surface area contributed by atoms with Gasteiger partial charge in [0.15, 0.2) is 0 Å². The third-order valence-electron chi connectivity index (χ3n) is 3.31. The van der Waals surface area contributed by atoms with Crippen molar-refractivity contribution in [2.24, 2.45) is 5.73 Å². The lowest BCUT2D eigenvalue weighted by atomic mass is 10.1. The molecule has 0 spiro atoms. The minimum absolute atomic E-state index is 0.391. The second-order valence-electron chi connectivity index (χ2n) is 4.20. The highest BCUT2D eigenvalue weighted by molar-refractivity contribution is 5.09. The molecule has 0 aliphatic carbocycles. The van der Waals surface area contributed by atoms with Crippen molar-refractivity contribution in [2.45, 2.75) is 31.8 Å². The first kappa shape index (κ1) is 10.6. The Labute approximate surface area is 91.3 Å².